The van der Waals surface area contributed by atoms with Gasteiger partial charge in [-0.2, -0.15) is 0 Å². The van der Waals surface area contributed by atoms with E-state index in [9.17, 15) is 0 Å². The van der Waals surface area contributed by atoms with E-state index in [-0.39, 0.29) is 122 Å². The van der Waals surface area contributed by atoms with E-state index in [1.165, 1.54) is 0 Å². The van der Waals surface area contributed by atoms with Crippen LogP contribution in [-0.2, 0) is 21.7 Å². The van der Waals surface area contributed by atoms with E-state index in [2.05, 4.69) is 0 Å². The molecule has 0 aliphatic heterocycles. The second kappa shape index (κ2) is 15.9. The zero-order valence-electron chi connectivity index (χ0n) is 1.95. The van der Waals surface area contributed by atoms with Crippen molar-refractivity contribution in [3.05, 3.63) is 0 Å². The topological polar surface area (TPSA) is 30.0 Å². The minimum atomic E-state index is 0. The predicted octanol–water partition coefficient (Wildman–Crippen LogP) is -1.74. The van der Waals surface area contributed by atoms with Crippen molar-refractivity contribution < 1.29 is 27.2 Å². The molecule has 0 aromatic heterocycles. The van der Waals surface area contributed by atoms with Crippen LogP contribution in [0.4, 0.5) is 0 Å². The zero-order valence-corrected chi connectivity index (χ0v) is 8.42. The van der Waals surface area contributed by atoms with E-state index in [1.807, 2.05) is 0 Å². The zero-order chi connectivity index (χ0) is 0. The maximum absolute atomic E-state index is 0. The van der Waals surface area contributed by atoms with Crippen molar-refractivity contribution in [3.63, 3.8) is 0 Å². The Labute approximate surface area is 118 Å². The van der Waals surface area contributed by atoms with Gasteiger partial charge in [0.05, 0.1) is 0 Å². The molecule has 4 heavy (non-hydrogen) atoms. The molecule has 0 aliphatic carbocycles. The van der Waals surface area contributed by atoms with Gasteiger partial charge in [-0.15, -0.1) is 0 Å². The molecule has 1 N–H and O–H groups in total. The Balaban J connectivity index is 0. The summed E-state index contributed by atoms with van der Waals surface area (Å²) >= 11 is 0. The van der Waals surface area contributed by atoms with Gasteiger partial charge in [-0.25, -0.2) is 0 Å². The van der Waals surface area contributed by atoms with Crippen LogP contribution in [0.25, 0.3) is 0 Å². The smallest absolute Gasteiger partial charge is 0 e. The van der Waals surface area contributed by atoms with Crippen molar-refractivity contribution in [1.29, 1.82) is 0 Å². The minimum Gasteiger partial charge on any atom is 0 e. The first-order chi connectivity index (χ1) is 0. The van der Waals surface area contributed by atoms with Gasteiger partial charge >= 0.3 is 94.4 Å². The SMILES string of the molecule is [BaH2].[OH-].[SrH+].[Ti]. The molecule has 0 spiro atoms. The van der Waals surface area contributed by atoms with Crippen LogP contribution < -0.4 is 0 Å². The van der Waals surface area contributed by atoms with Crippen molar-refractivity contribution in [2.45, 2.75) is 0 Å². The third kappa shape index (κ3) is 9.21. The van der Waals surface area contributed by atoms with E-state index >= 15 is 0 Å². The molecule has 0 radical (unpaired) electrons. The molecule has 0 amide bonds. The van der Waals surface area contributed by atoms with Crippen molar-refractivity contribution in [2.24, 2.45) is 0 Å². The molecule has 0 aliphatic rings. The minimum absolute atomic E-state index is 0. The fourth-order valence-corrected chi connectivity index (χ4v) is 0. The molecule has 0 bridgehead atoms. The Morgan fingerprint density at radius 2 is 1.00 bits per heavy atom. The first kappa shape index (κ1) is 25.2. The van der Waals surface area contributed by atoms with Gasteiger partial charge in [0.25, 0.3) is 0 Å². The van der Waals surface area contributed by atoms with Gasteiger partial charge in [-0.05, 0) is 0 Å². The summed E-state index contributed by atoms with van der Waals surface area (Å²) in [7, 11) is 0. The van der Waals surface area contributed by atoms with Crippen LogP contribution in [0.1, 0.15) is 0 Å². The molecule has 0 fully saturated rings. The van der Waals surface area contributed by atoms with Gasteiger partial charge in [-0.3, -0.25) is 0 Å². The summed E-state index contributed by atoms with van der Waals surface area (Å²) in [6.45, 7) is 0. The van der Waals surface area contributed by atoms with Crippen LogP contribution in [0.3, 0.4) is 0 Å². The van der Waals surface area contributed by atoms with E-state index < -0.39 is 0 Å². The summed E-state index contributed by atoms with van der Waals surface area (Å²) in [5, 5.41) is 0. The fraction of sp³-hybridized carbons (Fsp3) is 0. The van der Waals surface area contributed by atoms with Gasteiger partial charge in [0.1, 0.15) is 0 Å². The van der Waals surface area contributed by atoms with Gasteiger partial charge in [0.2, 0.25) is 0 Å². The van der Waals surface area contributed by atoms with E-state index in [4.69, 9.17) is 0 Å². The molecule has 4 heteroatoms. The van der Waals surface area contributed by atoms with E-state index in [0.29, 0.717) is 0 Å². The molecular formula is H4BaOSrTi. The quantitative estimate of drug-likeness (QED) is 0.488. The van der Waals surface area contributed by atoms with E-state index in [1.54, 1.807) is 0 Å². The molecule has 0 rings (SSSR count). The van der Waals surface area contributed by atoms with Crippen molar-refractivity contribution in [1.82, 2.24) is 0 Å². The van der Waals surface area contributed by atoms with Gasteiger partial charge in [-0.1, -0.05) is 0 Å². The van der Waals surface area contributed by atoms with Crippen molar-refractivity contribution in [2.75, 3.05) is 0 Å². The normalized spacial score (nSPS) is 0. The first-order valence-corrected chi connectivity index (χ1v) is 0. The van der Waals surface area contributed by atoms with Crippen molar-refractivity contribution >= 4 is 94.4 Å². The van der Waals surface area contributed by atoms with E-state index in [0.717, 1.165) is 0 Å². The Morgan fingerprint density at radius 3 is 1.00 bits per heavy atom. The molecule has 1 nitrogen and oxygen atoms in total. The van der Waals surface area contributed by atoms with Crippen LogP contribution in [0.2, 0.25) is 0 Å². The summed E-state index contributed by atoms with van der Waals surface area (Å²) in [4.78, 5) is 0. The molecular weight excluding hydrogens is 289 g/mol. The molecule has 18 valence electrons. The standard InChI is InChI=1S/Ba.H2O.Sr.Ti.3H/h;1H2;;;;;/q;;+1;;;;/p-1. The fourth-order valence-electron chi connectivity index (χ4n) is 0. The Hall–Kier alpha value is 3.73. The predicted molar refractivity (Wildman–Crippen MR) is 17.6 cm³/mol. The summed E-state index contributed by atoms with van der Waals surface area (Å²) in [5.41, 5.74) is 0. The van der Waals surface area contributed by atoms with Crippen LogP contribution in [-0.4, -0.2) is 99.8 Å². The third-order valence-corrected chi connectivity index (χ3v) is 0. The van der Waals surface area contributed by atoms with Gasteiger partial charge in [0, 0.05) is 21.7 Å². The maximum atomic E-state index is 0. The maximum Gasteiger partial charge on any atom is 0 e. The summed E-state index contributed by atoms with van der Waals surface area (Å²) in [5.74, 6) is 0. The Morgan fingerprint density at radius 1 is 1.00 bits per heavy atom. The molecule has 0 saturated heterocycles. The summed E-state index contributed by atoms with van der Waals surface area (Å²) in [6.07, 6.45) is 0. The third-order valence-electron chi connectivity index (χ3n) is 0. The molecule has 0 saturated carbocycles. The monoisotopic (exact) mass is 294 g/mol. The van der Waals surface area contributed by atoms with Crippen LogP contribution in [0, 0.1) is 0 Å². The summed E-state index contributed by atoms with van der Waals surface area (Å²) in [6, 6.07) is 0. The Kier molecular flexibility index (Phi) is 100.0. The largest absolute Gasteiger partial charge is 0 e. The van der Waals surface area contributed by atoms with Crippen LogP contribution in [0.15, 0.2) is 0 Å². The number of rotatable bonds is 0. The number of hydrogen-bond donors (Lipinski definition) is 0. The first-order valence-electron chi connectivity index (χ1n) is 0. The second-order valence-electron chi connectivity index (χ2n) is 0. The van der Waals surface area contributed by atoms with Crippen molar-refractivity contribution in [3.8, 4) is 0 Å². The summed E-state index contributed by atoms with van der Waals surface area (Å²) < 4.78 is 0. The van der Waals surface area contributed by atoms with Crippen LogP contribution in [0.5, 0.6) is 0 Å². The van der Waals surface area contributed by atoms with Gasteiger partial charge in [0.15, 0.2) is 0 Å². The molecule has 0 atom stereocenters. The van der Waals surface area contributed by atoms with Gasteiger partial charge < -0.3 is 5.48 Å². The number of hydrogen-bond acceptors (Lipinski definition) is 1. The average molecular weight is 293 g/mol. The van der Waals surface area contributed by atoms with Crippen LogP contribution >= 0.6 is 0 Å². The molecule has 0 heterocycles. The second-order valence-corrected chi connectivity index (χ2v) is 0. The molecule has 0 unspecified atom stereocenters. The Bertz CT molecular complexity index is 8.00. The average Bonchev–Trinajstić information content (AvgIpc) is 0. The molecule has 0 aromatic rings. The molecule has 0 aromatic carbocycles.